The fraction of sp³-hybridized carbons (Fsp3) is 0.474. The molecule has 0 radical (unpaired) electrons. The molecule has 146 valence electrons. The Bertz CT molecular complexity index is 732. The summed E-state index contributed by atoms with van der Waals surface area (Å²) in [5, 5.41) is 2.63. The third-order valence-electron chi connectivity index (χ3n) is 4.50. The number of rotatable bonds is 7. The van der Waals surface area contributed by atoms with Crippen molar-refractivity contribution < 1.29 is 19.2 Å². The average Bonchev–Trinajstić information content (AvgIpc) is 2.84. The van der Waals surface area contributed by atoms with Gasteiger partial charge >= 0.3 is 6.03 Å². The average molecular weight is 374 g/mol. The summed E-state index contributed by atoms with van der Waals surface area (Å²) in [5.74, 6) is -1.15. The Morgan fingerprint density at radius 1 is 1.15 bits per heavy atom. The predicted octanol–water partition coefficient (Wildman–Crippen LogP) is 1.14. The molecule has 0 aliphatic carbocycles. The van der Waals surface area contributed by atoms with E-state index in [9.17, 15) is 19.2 Å². The minimum absolute atomic E-state index is 0.101. The van der Waals surface area contributed by atoms with Crippen LogP contribution in [0.25, 0.3) is 0 Å². The van der Waals surface area contributed by atoms with E-state index in [4.69, 9.17) is 0 Å². The number of anilines is 1. The molecule has 1 aliphatic rings. The minimum atomic E-state index is -0.688. The third kappa shape index (κ3) is 4.45. The number of amides is 5. The largest absolute Gasteiger partial charge is 0.355 e. The van der Waals surface area contributed by atoms with E-state index >= 15 is 0 Å². The number of nitrogens with one attached hydrogen (secondary N) is 1. The van der Waals surface area contributed by atoms with Crippen molar-refractivity contribution in [3.8, 4) is 0 Å². The Labute approximate surface area is 159 Å². The van der Waals surface area contributed by atoms with E-state index in [1.54, 1.807) is 32.9 Å². The van der Waals surface area contributed by atoms with E-state index < -0.39 is 23.9 Å². The second-order valence-electron chi connectivity index (χ2n) is 6.45. The molecule has 0 aromatic heterocycles. The van der Waals surface area contributed by atoms with Gasteiger partial charge in [-0.15, -0.1) is 0 Å². The molecule has 5 amide bonds. The fourth-order valence-electron chi connectivity index (χ4n) is 2.95. The van der Waals surface area contributed by atoms with Gasteiger partial charge in [0.05, 0.1) is 6.54 Å². The normalized spacial score (nSPS) is 16.7. The lowest BCUT2D eigenvalue weighted by molar-refractivity contribution is -0.139. The summed E-state index contributed by atoms with van der Waals surface area (Å²) in [6.45, 7) is 7.40. The summed E-state index contributed by atoms with van der Waals surface area (Å²) in [4.78, 5) is 53.3. The monoisotopic (exact) mass is 374 g/mol. The molecule has 2 rings (SSSR count). The lowest BCUT2D eigenvalue weighted by Crippen LogP contribution is -2.46. The van der Waals surface area contributed by atoms with Crippen LogP contribution in [0.4, 0.5) is 10.5 Å². The van der Waals surface area contributed by atoms with Gasteiger partial charge in [0.2, 0.25) is 11.8 Å². The van der Waals surface area contributed by atoms with Gasteiger partial charge in [0.1, 0.15) is 12.6 Å². The molecule has 1 aliphatic heterocycles. The molecule has 1 aromatic carbocycles. The van der Waals surface area contributed by atoms with Crippen molar-refractivity contribution in [1.82, 2.24) is 15.1 Å². The number of urea groups is 1. The molecule has 1 atom stereocenters. The Balaban J connectivity index is 2.12. The molecular weight excluding hydrogens is 348 g/mol. The van der Waals surface area contributed by atoms with Crippen LogP contribution in [0, 0.1) is 6.92 Å². The highest BCUT2D eigenvalue weighted by molar-refractivity contribution is 6.15. The third-order valence-corrected chi connectivity index (χ3v) is 4.50. The molecular formula is C19H26N4O4. The summed E-state index contributed by atoms with van der Waals surface area (Å²) >= 11 is 0. The van der Waals surface area contributed by atoms with Gasteiger partial charge in [-0.05, 0) is 39.8 Å². The second kappa shape index (κ2) is 8.66. The number of aryl methyl sites for hydroxylation is 1. The van der Waals surface area contributed by atoms with E-state index in [1.165, 1.54) is 9.80 Å². The van der Waals surface area contributed by atoms with Gasteiger partial charge in [0.15, 0.2) is 0 Å². The van der Waals surface area contributed by atoms with Crippen LogP contribution in [0.3, 0.4) is 0 Å². The smallest absolute Gasteiger partial charge is 0.332 e. The molecule has 27 heavy (non-hydrogen) atoms. The summed E-state index contributed by atoms with van der Waals surface area (Å²) in [5.41, 5.74) is 1.65. The first-order valence-corrected chi connectivity index (χ1v) is 9.05. The number of likely N-dealkylation sites (N-methyl/N-ethyl adjacent to an activating group) is 2. The SMILES string of the molecule is CCNC(=O)CN(CC)C(=O)CN1C(=O)[C@H](C)N(c2ccc(C)cc2)C1=O. The summed E-state index contributed by atoms with van der Waals surface area (Å²) < 4.78 is 0. The number of carbonyl (C=O) groups is 4. The lowest BCUT2D eigenvalue weighted by atomic mass is 10.2. The zero-order valence-corrected chi connectivity index (χ0v) is 16.2. The van der Waals surface area contributed by atoms with Crippen molar-refractivity contribution in [3.63, 3.8) is 0 Å². The molecule has 0 saturated carbocycles. The Morgan fingerprint density at radius 2 is 1.78 bits per heavy atom. The van der Waals surface area contributed by atoms with Crippen molar-refractivity contribution in [1.29, 1.82) is 0 Å². The molecule has 1 fully saturated rings. The minimum Gasteiger partial charge on any atom is -0.355 e. The van der Waals surface area contributed by atoms with Crippen LogP contribution in [0.2, 0.25) is 0 Å². The summed E-state index contributed by atoms with van der Waals surface area (Å²) in [7, 11) is 0. The van der Waals surface area contributed by atoms with Crippen molar-refractivity contribution in [3.05, 3.63) is 29.8 Å². The number of benzene rings is 1. The Morgan fingerprint density at radius 3 is 2.33 bits per heavy atom. The fourth-order valence-corrected chi connectivity index (χ4v) is 2.95. The number of imide groups is 1. The zero-order chi connectivity index (χ0) is 20.1. The lowest BCUT2D eigenvalue weighted by Gasteiger charge is -2.23. The highest BCUT2D eigenvalue weighted by Gasteiger charge is 2.44. The van der Waals surface area contributed by atoms with Gasteiger partial charge in [-0.2, -0.15) is 0 Å². The van der Waals surface area contributed by atoms with Crippen LogP contribution in [0.1, 0.15) is 26.3 Å². The maximum absolute atomic E-state index is 12.8. The van der Waals surface area contributed by atoms with Crippen LogP contribution >= 0.6 is 0 Å². The van der Waals surface area contributed by atoms with Gasteiger partial charge in [0.25, 0.3) is 5.91 Å². The van der Waals surface area contributed by atoms with Gasteiger partial charge < -0.3 is 10.2 Å². The first-order chi connectivity index (χ1) is 12.8. The topological polar surface area (TPSA) is 90.0 Å². The first-order valence-electron chi connectivity index (χ1n) is 9.05. The van der Waals surface area contributed by atoms with Gasteiger partial charge in [-0.1, -0.05) is 17.7 Å². The highest BCUT2D eigenvalue weighted by atomic mass is 16.2. The van der Waals surface area contributed by atoms with Crippen LogP contribution in [-0.2, 0) is 14.4 Å². The second-order valence-corrected chi connectivity index (χ2v) is 6.45. The quantitative estimate of drug-likeness (QED) is 0.725. The number of nitrogens with zero attached hydrogens (tertiary/aromatic N) is 3. The predicted molar refractivity (Wildman–Crippen MR) is 101 cm³/mol. The first kappa shape index (κ1) is 20.4. The van der Waals surface area contributed by atoms with E-state index in [1.807, 2.05) is 19.1 Å². The molecule has 1 heterocycles. The van der Waals surface area contributed by atoms with Crippen LogP contribution in [0.5, 0.6) is 0 Å². The van der Waals surface area contributed by atoms with Crippen LogP contribution in [-0.4, -0.2) is 65.8 Å². The standard InChI is InChI=1S/C19H26N4O4/c1-5-20-16(24)11-21(6-2)17(25)12-22-18(26)14(4)23(19(22)27)15-9-7-13(3)8-10-15/h7-10,14H,5-6,11-12H2,1-4H3,(H,20,24)/t14-/m0/s1. The maximum atomic E-state index is 12.8. The molecule has 8 heteroatoms. The van der Waals surface area contributed by atoms with Gasteiger partial charge in [0, 0.05) is 18.8 Å². The number of carbonyl (C=O) groups excluding carboxylic acids is 4. The van der Waals surface area contributed by atoms with Gasteiger partial charge in [-0.3, -0.25) is 24.2 Å². The van der Waals surface area contributed by atoms with E-state index in [2.05, 4.69) is 5.32 Å². The number of hydrogen-bond acceptors (Lipinski definition) is 4. The summed E-state index contributed by atoms with van der Waals surface area (Å²) in [6, 6.07) is 6.05. The Hall–Kier alpha value is -2.90. The van der Waals surface area contributed by atoms with Crippen molar-refractivity contribution in [2.45, 2.75) is 33.7 Å². The maximum Gasteiger partial charge on any atom is 0.332 e. The van der Waals surface area contributed by atoms with Crippen LogP contribution < -0.4 is 10.2 Å². The Kier molecular flexibility index (Phi) is 6.55. The molecule has 1 saturated heterocycles. The van der Waals surface area contributed by atoms with Crippen LogP contribution in [0.15, 0.2) is 24.3 Å². The molecule has 1 N–H and O–H groups in total. The van der Waals surface area contributed by atoms with Crippen molar-refractivity contribution >= 4 is 29.4 Å². The number of hydrogen-bond donors (Lipinski definition) is 1. The molecule has 0 spiro atoms. The van der Waals surface area contributed by atoms with Crippen molar-refractivity contribution in [2.24, 2.45) is 0 Å². The van der Waals surface area contributed by atoms with Crippen molar-refractivity contribution in [2.75, 3.05) is 31.1 Å². The summed E-state index contributed by atoms with van der Waals surface area (Å²) in [6.07, 6.45) is 0. The van der Waals surface area contributed by atoms with E-state index in [0.29, 0.717) is 18.8 Å². The molecule has 0 unspecified atom stereocenters. The molecule has 1 aromatic rings. The van der Waals surface area contributed by atoms with Gasteiger partial charge in [-0.25, -0.2) is 4.79 Å². The van der Waals surface area contributed by atoms with E-state index in [-0.39, 0.29) is 19.0 Å². The zero-order valence-electron chi connectivity index (χ0n) is 16.2. The molecule has 8 nitrogen and oxygen atoms in total. The van der Waals surface area contributed by atoms with E-state index in [0.717, 1.165) is 10.5 Å². The molecule has 0 bridgehead atoms. The highest BCUT2D eigenvalue weighted by Crippen LogP contribution is 2.26.